The SMILES string of the molecule is C[C@H](C#N)OC(=O)c1ccc(N)c([N+](=O)[O-])c1. The molecule has 0 aliphatic carbocycles. The van der Waals surface area contributed by atoms with Crippen LogP contribution in [0, 0.1) is 21.4 Å². The summed E-state index contributed by atoms with van der Waals surface area (Å²) < 4.78 is 4.70. The van der Waals surface area contributed by atoms with Crippen LogP contribution < -0.4 is 5.73 Å². The van der Waals surface area contributed by atoms with E-state index in [1.54, 1.807) is 6.07 Å². The Balaban J connectivity index is 3.01. The quantitative estimate of drug-likeness (QED) is 0.364. The van der Waals surface area contributed by atoms with Crippen LogP contribution in [0.25, 0.3) is 0 Å². The molecule has 7 nitrogen and oxygen atoms in total. The van der Waals surface area contributed by atoms with Crippen molar-refractivity contribution in [1.29, 1.82) is 5.26 Å². The fourth-order valence-corrected chi connectivity index (χ4v) is 1.08. The Morgan fingerprint density at radius 3 is 2.82 bits per heavy atom. The molecule has 0 aliphatic heterocycles. The van der Waals surface area contributed by atoms with E-state index in [1.807, 2.05) is 0 Å². The Morgan fingerprint density at radius 1 is 1.65 bits per heavy atom. The highest BCUT2D eigenvalue weighted by Crippen LogP contribution is 2.22. The number of ether oxygens (including phenoxy) is 1. The van der Waals surface area contributed by atoms with Crippen molar-refractivity contribution in [3.63, 3.8) is 0 Å². The Kier molecular flexibility index (Phi) is 3.62. The highest BCUT2D eigenvalue weighted by atomic mass is 16.6. The van der Waals surface area contributed by atoms with Gasteiger partial charge in [0.15, 0.2) is 6.10 Å². The molecule has 2 N–H and O–H groups in total. The van der Waals surface area contributed by atoms with Crippen LogP contribution in [0.4, 0.5) is 11.4 Å². The first kappa shape index (κ1) is 12.4. The second kappa shape index (κ2) is 4.94. The monoisotopic (exact) mass is 235 g/mol. The lowest BCUT2D eigenvalue weighted by atomic mass is 10.2. The van der Waals surface area contributed by atoms with Crippen molar-refractivity contribution >= 4 is 17.3 Å². The van der Waals surface area contributed by atoms with E-state index in [0.29, 0.717) is 0 Å². The lowest BCUT2D eigenvalue weighted by molar-refractivity contribution is -0.383. The van der Waals surface area contributed by atoms with Crippen molar-refractivity contribution in [3.8, 4) is 6.07 Å². The van der Waals surface area contributed by atoms with Crippen molar-refractivity contribution in [2.75, 3.05) is 5.73 Å². The first-order valence-electron chi connectivity index (χ1n) is 4.60. The van der Waals surface area contributed by atoms with Gasteiger partial charge in [0.2, 0.25) is 0 Å². The van der Waals surface area contributed by atoms with Gasteiger partial charge in [-0.2, -0.15) is 5.26 Å². The van der Waals surface area contributed by atoms with Gasteiger partial charge in [-0.25, -0.2) is 4.79 Å². The van der Waals surface area contributed by atoms with E-state index in [2.05, 4.69) is 0 Å². The first-order chi connectivity index (χ1) is 7.95. The number of carbonyl (C=O) groups is 1. The summed E-state index contributed by atoms with van der Waals surface area (Å²) in [6.07, 6.45) is -0.917. The molecular weight excluding hydrogens is 226 g/mol. The standard InChI is InChI=1S/C10H9N3O4/c1-6(5-11)17-10(14)7-2-3-8(12)9(4-7)13(15)16/h2-4,6H,12H2,1H3/t6-/m1/s1. The average molecular weight is 235 g/mol. The third kappa shape index (κ3) is 2.92. The molecule has 17 heavy (non-hydrogen) atoms. The fourth-order valence-electron chi connectivity index (χ4n) is 1.08. The summed E-state index contributed by atoms with van der Waals surface area (Å²) in [5.74, 6) is -0.804. The van der Waals surface area contributed by atoms with Crippen LogP contribution in [0.5, 0.6) is 0 Å². The maximum absolute atomic E-state index is 11.5. The maximum Gasteiger partial charge on any atom is 0.339 e. The maximum atomic E-state index is 11.5. The fraction of sp³-hybridized carbons (Fsp3) is 0.200. The minimum absolute atomic E-state index is 0.0204. The molecule has 1 aromatic carbocycles. The van der Waals surface area contributed by atoms with Gasteiger partial charge in [-0.3, -0.25) is 10.1 Å². The number of hydrogen-bond acceptors (Lipinski definition) is 6. The number of benzene rings is 1. The zero-order chi connectivity index (χ0) is 13.0. The van der Waals surface area contributed by atoms with Crippen LogP contribution in [-0.4, -0.2) is 17.0 Å². The molecule has 0 unspecified atom stereocenters. The molecule has 0 spiro atoms. The zero-order valence-electron chi connectivity index (χ0n) is 8.91. The van der Waals surface area contributed by atoms with Crippen LogP contribution >= 0.6 is 0 Å². The molecule has 0 saturated carbocycles. The van der Waals surface area contributed by atoms with Crippen molar-refractivity contribution in [2.24, 2.45) is 0 Å². The van der Waals surface area contributed by atoms with Gasteiger partial charge in [0, 0.05) is 6.07 Å². The summed E-state index contributed by atoms with van der Waals surface area (Å²) in [6.45, 7) is 1.39. The van der Waals surface area contributed by atoms with Crippen molar-refractivity contribution < 1.29 is 14.5 Å². The largest absolute Gasteiger partial charge is 0.444 e. The predicted octanol–water partition coefficient (Wildman–Crippen LogP) is 1.25. The topological polar surface area (TPSA) is 119 Å². The van der Waals surface area contributed by atoms with Crippen molar-refractivity contribution in [1.82, 2.24) is 0 Å². The van der Waals surface area contributed by atoms with Crippen LogP contribution in [0.1, 0.15) is 17.3 Å². The molecule has 0 aromatic heterocycles. The van der Waals surface area contributed by atoms with Gasteiger partial charge in [0.25, 0.3) is 5.69 Å². The lowest BCUT2D eigenvalue weighted by Gasteiger charge is -2.06. The van der Waals surface area contributed by atoms with E-state index in [-0.39, 0.29) is 16.9 Å². The Morgan fingerprint density at radius 2 is 2.29 bits per heavy atom. The second-order valence-corrected chi connectivity index (χ2v) is 3.21. The van der Waals surface area contributed by atoms with E-state index in [0.717, 1.165) is 6.07 Å². The molecule has 0 aliphatic rings. The normalized spacial score (nSPS) is 11.3. The summed E-state index contributed by atoms with van der Waals surface area (Å²) in [4.78, 5) is 21.4. The summed E-state index contributed by atoms with van der Waals surface area (Å²) in [6, 6.07) is 5.27. The van der Waals surface area contributed by atoms with E-state index < -0.39 is 17.0 Å². The van der Waals surface area contributed by atoms with Gasteiger partial charge in [0.1, 0.15) is 11.8 Å². The number of esters is 1. The van der Waals surface area contributed by atoms with Crippen LogP contribution in [0.3, 0.4) is 0 Å². The molecule has 0 amide bonds. The highest BCUT2D eigenvalue weighted by Gasteiger charge is 2.17. The van der Waals surface area contributed by atoms with E-state index in [1.165, 1.54) is 19.1 Å². The number of nitriles is 1. The van der Waals surface area contributed by atoms with Gasteiger partial charge in [-0.1, -0.05) is 0 Å². The minimum Gasteiger partial charge on any atom is -0.444 e. The molecule has 7 heteroatoms. The molecule has 1 aromatic rings. The number of hydrogen-bond donors (Lipinski definition) is 1. The molecule has 0 heterocycles. The number of nitrogen functional groups attached to an aromatic ring is 1. The average Bonchev–Trinajstić information content (AvgIpc) is 2.28. The number of nitrogens with zero attached hydrogens (tertiary/aromatic N) is 2. The zero-order valence-corrected chi connectivity index (χ0v) is 8.91. The van der Waals surface area contributed by atoms with Gasteiger partial charge in [-0.05, 0) is 19.1 Å². The molecule has 0 radical (unpaired) electrons. The highest BCUT2D eigenvalue weighted by molar-refractivity contribution is 5.91. The smallest absolute Gasteiger partial charge is 0.339 e. The van der Waals surface area contributed by atoms with Crippen molar-refractivity contribution in [2.45, 2.75) is 13.0 Å². The molecule has 1 rings (SSSR count). The van der Waals surface area contributed by atoms with Gasteiger partial charge >= 0.3 is 5.97 Å². The molecular formula is C10H9N3O4. The predicted molar refractivity (Wildman–Crippen MR) is 58.0 cm³/mol. The summed E-state index contributed by atoms with van der Waals surface area (Å²) in [5.41, 5.74) is 4.94. The number of anilines is 1. The van der Waals surface area contributed by atoms with E-state index in [9.17, 15) is 14.9 Å². The third-order valence-corrected chi connectivity index (χ3v) is 1.93. The Labute approximate surface area is 96.6 Å². The molecule has 0 fully saturated rings. The van der Waals surface area contributed by atoms with Gasteiger partial charge < -0.3 is 10.5 Å². The van der Waals surface area contributed by atoms with Crippen molar-refractivity contribution in [3.05, 3.63) is 33.9 Å². The van der Waals surface area contributed by atoms with Gasteiger partial charge in [-0.15, -0.1) is 0 Å². The van der Waals surface area contributed by atoms with Crippen LogP contribution in [0.15, 0.2) is 18.2 Å². The Hall–Kier alpha value is -2.62. The molecule has 0 bridgehead atoms. The molecule has 1 atom stereocenters. The third-order valence-electron chi connectivity index (χ3n) is 1.93. The number of nitrogens with two attached hydrogens (primary N) is 1. The first-order valence-corrected chi connectivity index (χ1v) is 4.60. The molecule has 88 valence electrons. The summed E-state index contributed by atoms with van der Waals surface area (Å²) in [7, 11) is 0. The number of nitro benzene ring substituents is 1. The Bertz CT molecular complexity index is 507. The second-order valence-electron chi connectivity index (χ2n) is 3.21. The number of nitro groups is 1. The summed E-state index contributed by atoms with van der Waals surface area (Å²) >= 11 is 0. The lowest BCUT2D eigenvalue weighted by Crippen LogP contribution is -2.13. The van der Waals surface area contributed by atoms with Crippen LogP contribution in [-0.2, 0) is 4.74 Å². The number of rotatable bonds is 3. The van der Waals surface area contributed by atoms with E-state index in [4.69, 9.17) is 15.7 Å². The number of carbonyl (C=O) groups excluding carboxylic acids is 1. The van der Waals surface area contributed by atoms with E-state index >= 15 is 0 Å². The van der Waals surface area contributed by atoms with Crippen LogP contribution in [0.2, 0.25) is 0 Å². The van der Waals surface area contributed by atoms with Gasteiger partial charge in [0.05, 0.1) is 10.5 Å². The minimum atomic E-state index is -0.917. The molecule has 0 saturated heterocycles. The summed E-state index contributed by atoms with van der Waals surface area (Å²) in [5, 5.41) is 19.1.